The Balaban J connectivity index is -0.000000221. The molecule has 0 amide bonds. The van der Waals surface area contributed by atoms with Crippen molar-refractivity contribution in [3.63, 3.8) is 0 Å². The molecule has 0 spiro atoms. The molecule has 0 aliphatic heterocycles. The first-order valence-electron chi connectivity index (χ1n) is 16.7. The number of allylic oxidation sites excluding steroid dienone is 10. The van der Waals surface area contributed by atoms with Gasteiger partial charge in [0.15, 0.2) is 0 Å². The second-order valence-corrected chi connectivity index (χ2v) is 11.0. The molecule has 2 N–H and O–H groups in total. The van der Waals surface area contributed by atoms with E-state index in [1.807, 2.05) is 32.9 Å². The standard InChI is InChI=1S/C24H41F.C7H12.C5H12.C2H6.CH5N/c1-8-10-11-13-20(5)16-17-22(7)21(6)14-12-15-23(19(3)4)18-24(25)9-2;1-4-5-6-7(2)3;1-3-5-4-2;2*1-2/h9,15,18-21H,2,7-8,10-14,16-17H2,1,3-6H3;4-6H,1-3H3;3-5H2,1-2H3;1-2H3;2H2,1H3/b23-15+,24-18+;5-4-;;;. The summed E-state index contributed by atoms with van der Waals surface area (Å²) in [4.78, 5) is 0. The van der Waals surface area contributed by atoms with Crippen molar-refractivity contribution >= 4 is 0 Å². The van der Waals surface area contributed by atoms with Gasteiger partial charge in [0.2, 0.25) is 0 Å². The van der Waals surface area contributed by atoms with E-state index < -0.39 is 0 Å². The van der Waals surface area contributed by atoms with Gasteiger partial charge in [0, 0.05) is 0 Å². The van der Waals surface area contributed by atoms with Crippen LogP contribution < -0.4 is 5.73 Å². The van der Waals surface area contributed by atoms with Crippen molar-refractivity contribution in [1.29, 1.82) is 0 Å². The Morgan fingerprint density at radius 2 is 1.39 bits per heavy atom. The van der Waals surface area contributed by atoms with Gasteiger partial charge in [0.1, 0.15) is 5.83 Å². The lowest BCUT2D eigenvalue weighted by Gasteiger charge is -2.17. The molecule has 2 atom stereocenters. The number of unbranched alkanes of at least 4 members (excludes halogenated alkanes) is 4. The third kappa shape index (κ3) is 42.9. The van der Waals surface area contributed by atoms with Gasteiger partial charge in [-0.3, -0.25) is 0 Å². The van der Waals surface area contributed by atoms with Crippen molar-refractivity contribution in [2.45, 2.75) is 154 Å². The summed E-state index contributed by atoms with van der Waals surface area (Å²) < 4.78 is 13.4. The predicted octanol–water partition coefficient (Wildman–Crippen LogP) is 13.9. The maximum absolute atomic E-state index is 13.4. The predicted molar refractivity (Wildman–Crippen MR) is 193 cm³/mol. The molecule has 2 unspecified atom stereocenters. The first-order valence-corrected chi connectivity index (χ1v) is 16.7. The summed E-state index contributed by atoms with van der Waals surface area (Å²) in [6, 6.07) is 0. The minimum atomic E-state index is -0.255. The molecule has 0 bridgehead atoms. The molecular formula is C39H76FN. The fourth-order valence-corrected chi connectivity index (χ4v) is 3.59. The van der Waals surface area contributed by atoms with Gasteiger partial charge in [-0.2, -0.15) is 0 Å². The summed E-state index contributed by atoms with van der Waals surface area (Å²) in [6.07, 6.45) is 25.1. The summed E-state index contributed by atoms with van der Waals surface area (Å²) in [6.45, 7) is 33.5. The Morgan fingerprint density at radius 3 is 1.76 bits per heavy atom. The third-order valence-corrected chi connectivity index (χ3v) is 6.43. The fraction of sp³-hybridized carbons (Fsp3) is 0.692. The second kappa shape index (κ2) is 40.5. The molecule has 0 aliphatic rings. The highest BCUT2D eigenvalue weighted by Gasteiger charge is 2.09. The second-order valence-electron chi connectivity index (χ2n) is 11.0. The van der Waals surface area contributed by atoms with Crippen LogP contribution >= 0.6 is 0 Å². The zero-order chi connectivity index (χ0) is 33.1. The fourth-order valence-electron chi connectivity index (χ4n) is 3.59. The lowest BCUT2D eigenvalue weighted by atomic mass is 9.89. The number of rotatable bonds is 17. The first-order chi connectivity index (χ1) is 19.5. The normalized spacial score (nSPS) is 12.3. The van der Waals surface area contributed by atoms with Crippen LogP contribution in [0.15, 0.2) is 72.2 Å². The van der Waals surface area contributed by atoms with Crippen molar-refractivity contribution in [1.82, 2.24) is 0 Å². The van der Waals surface area contributed by atoms with Crippen LogP contribution in [0.2, 0.25) is 0 Å². The van der Waals surface area contributed by atoms with E-state index in [9.17, 15) is 4.39 Å². The highest BCUT2D eigenvalue weighted by molar-refractivity contribution is 5.26. The van der Waals surface area contributed by atoms with Gasteiger partial charge < -0.3 is 5.73 Å². The van der Waals surface area contributed by atoms with Gasteiger partial charge in [0.25, 0.3) is 0 Å². The summed E-state index contributed by atoms with van der Waals surface area (Å²) in [5.74, 6) is 1.40. The molecule has 0 aromatic carbocycles. The highest BCUT2D eigenvalue weighted by Crippen LogP contribution is 2.25. The molecule has 0 aromatic rings. The average molecular weight is 578 g/mol. The van der Waals surface area contributed by atoms with Gasteiger partial charge in [0.05, 0.1) is 0 Å². The maximum Gasteiger partial charge on any atom is 0.122 e. The Bertz CT molecular complexity index is 657. The van der Waals surface area contributed by atoms with Crippen LogP contribution in [0.1, 0.15) is 154 Å². The molecular weight excluding hydrogens is 501 g/mol. The number of halogens is 1. The van der Waals surface area contributed by atoms with E-state index in [1.165, 1.54) is 75.6 Å². The van der Waals surface area contributed by atoms with Gasteiger partial charge in [-0.1, -0.05) is 156 Å². The highest BCUT2D eigenvalue weighted by atomic mass is 19.1. The molecule has 244 valence electrons. The number of nitrogens with two attached hydrogens (primary N) is 1. The number of hydrogen-bond donors (Lipinski definition) is 1. The van der Waals surface area contributed by atoms with Gasteiger partial charge in [-0.15, -0.1) is 0 Å². The topological polar surface area (TPSA) is 26.0 Å². The molecule has 0 aliphatic carbocycles. The largest absolute Gasteiger partial charge is 0.333 e. The van der Waals surface area contributed by atoms with E-state index in [0.717, 1.165) is 30.8 Å². The van der Waals surface area contributed by atoms with Crippen molar-refractivity contribution in [2.75, 3.05) is 7.05 Å². The average Bonchev–Trinajstić information content (AvgIpc) is 2.97. The first kappa shape index (κ1) is 49.0. The van der Waals surface area contributed by atoms with Crippen LogP contribution in [0, 0.1) is 17.8 Å². The Hall–Kier alpha value is -1.67. The summed E-state index contributed by atoms with van der Waals surface area (Å²) >= 11 is 0. The molecule has 0 rings (SSSR count). The van der Waals surface area contributed by atoms with Gasteiger partial charge in [-0.05, 0) is 89.0 Å². The van der Waals surface area contributed by atoms with E-state index >= 15 is 0 Å². The monoisotopic (exact) mass is 578 g/mol. The van der Waals surface area contributed by atoms with Crippen LogP contribution in [0.4, 0.5) is 4.39 Å². The molecule has 0 aromatic heterocycles. The quantitative estimate of drug-likeness (QED) is 0.104. The number of hydrogen-bond acceptors (Lipinski definition) is 1. The summed E-state index contributed by atoms with van der Waals surface area (Å²) in [5.41, 5.74) is 8.27. The van der Waals surface area contributed by atoms with E-state index in [4.69, 9.17) is 0 Å². The Labute approximate surface area is 260 Å². The minimum Gasteiger partial charge on any atom is -0.333 e. The van der Waals surface area contributed by atoms with Crippen molar-refractivity contribution in [2.24, 2.45) is 23.5 Å². The lowest BCUT2D eigenvalue weighted by molar-refractivity contribution is 0.451. The maximum atomic E-state index is 13.4. The summed E-state index contributed by atoms with van der Waals surface area (Å²) in [7, 11) is 1.50. The van der Waals surface area contributed by atoms with Gasteiger partial charge >= 0.3 is 0 Å². The smallest absolute Gasteiger partial charge is 0.122 e. The van der Waals surface area contributed by atoms with E-state index in [-0.39, 0.29) is 5.83 Å². The van der Waals surface area contributed by atoms with Crippen LogP contribution in [0.3, 0.4) is 0 Å². The Morgan fingerprint density at radius 1 is 0.854 bits per heavy atom. The van der Waals surface area contributed by atoms with E-state index in [0.29, 0.717) is 11.8 Å². The molecule has 0 saturated carbocycles. The zero-order valence-electron chi connectivity index (χ0n) is 30.3. The molecule has 0 fully saturated rings. The van der Waals surface area contributed by atoms with E-state index in [1.54, 1.807) is 6.08 Å². The molecule has 1 nitrogen and oxygen atoms in total. The molecule has 0 saturated heterocycles. The minimum absolute atomic E-state index is 0.255. The zero-order valence-corrected chi connectivity index (χ0v) is 30.3. The van der Waals surface area contributed by atoms with Crippen molar-refractivity contribution < 1.29 is 4.39 Å². The van der Waals surface area contributed by atoms with E-state index in [2.05, 4.69) is 93.4 Å². The van der Waals surface area contributed by atoms with Crippen LogP contribution in [0.5, 0.6) is 0 Å². The van der Waals surface area contributed by atoms with Crippen LogP contribution in [0.25, 0.3) is 0 Å². The SMILES string of the molecule is C/C=C\C=C(C)C.C=C/C(F)=C\C(=C/CCC(C)C(=C)CCC(C)CCCCC)C(C)C.CC.CCCCC.CN. The van der Waals surface area contributed by atoms with Crippen LogP contribution in [-0.4, -0.2) is 7.05 Å². The Kier molecular flexibility index (Phi) is 48.4. The molecule has 0 heterocycles. The molecule has 41 heavy (non-hydrogen) atoms. The lowest BCUT2D eigenvalue weighted by Crippen LogP contribution is -2.02. The van der Waals surface area contributed by atoms with Crippen molar-refractivity contribution in [3.8, 4) is 0 Å². The van der Waals surface area contributed by atoms with Gasteiger partial charge in [-0.25, -0.2) is 4.39 Å². The van der Waals surface area contributed by atoms with Crippen molar-refractivity contribution in [3.05, 3.63) is 72.2 Å². The summed E-state index contributed by atoms with van der Waals surface area (Å²) in [5, 5.41) is 0. The third-order valence-electron chi connectivity index (χ3n) is 6.43. The van der Waals surface area contributed by atoms with Crippen LogP contribution in [-0.2, 0) is 0 Å². The molecule has 2 heteroatoms. The molecule has 0 radical (unpaired) electrons.